The normalized spacial score (nSPS) is 17.8. The van der Waals surface area contributed by atoms with E-state index in [-0.39, 0.29) is 24.5 Å². The summed E-state index contributed by atoms with van der Waals surface area (Å²) in [5.41, 5.74) is 5.96. The van der Waals surface area contributed by atoms with Gasteiger partial charge in [0.1, 0.15) is 12.2 Å². The summed E-state index contributed by atoms with van der Waals surface area (Å²) in [6, 6.07) is 16.0. The molecule has 7 nitrogen and oxygen atoms in total. The lowest BCUT2D eigenvalue weighted by Gasteiger charge is -2.28. The molecule has 1 aliphatic heterocycles. The minimum atomic E-state index is -0.124. The Morgan fingerprint density at radius 2 is 1.69 bits per heavy atom. The lowest BCUT2D eigenvalue weighted by molar-refractivity contribution is 0.0973. The number of rotatable bonds is 7. The van der Waals surface area contributed by atoms with E-state index >= 15 is 0 Å². The van der Waals surface area contributed by atoms with Gasteiger partial charge in [0.15, 0.2) is 0 Å². The van der Waals surface area contributed by atoms with Crippen molar-refractivity contribution in [3.05, 3.63) is 81.5 Å². The molecule has 1 amide bonds. The van der Waals surface area contributed by atoms with Crippen LogP contribution in [0.1, 0.15) is 71.9 Å². The molecule has 0 radical (unpaired) electrons. The van der Waals surface area contributed by atoms with Crippen molar-refractivity contribution in [2.75, 3.05) is 18.1 Å². The number of anilines is 1. The van der Waals surface area contributed by atoms with E-state index < -0.39 is 0 Å². The van der Waals surface area contributed by atoms with Crippen LogP contribution in [0.15, 0.2) is 53.7 Å². The van der Waals surface area contributed by atoms with E-state index in [2.05, 4.69) is 29.3 Å². The summed E-state index contributed by atoms with van der Waals surface area (Å²) < 4.78 is 1.65. The molecular formula is C29H34N4O3. The molecule has 188 valence electrons. The predicted octanol–water partition coefficient (Wildman–Crippen LogP) is 5.48. The molecule has 2 fully saturated rings. The van der Waals surface area contributed by atoms with E-state index in [1.54, 1.807) is 9.58 Å². The number of carbonyl (C=O) groups is 1. The Morgan fingerprint density at radius 3 is 2.25 bits per heavy atom. The number of aliphatic hydroxyl groups is 1. The van der Waals surface area contributed by atoms with E-state index in [0.717, 1.165) is 47.7 Å². The van der Waals surface area contributed by atoms with Crippen molar-refractivity contribution in [2.24, 2.45) is 11.1 Å². The number of carbonyl (C=O) groups excluding carboxylic acids is 1. The number of aryl methyl sites for hydroxylation is 1. The van der Waals surface area contributed by atoms with Crippen molar-refractivity contribution < 1.29 is 9.90 Å². The van der Waals surface area contributed by atoms with Crippen molar-refractivity contribution in [3.8, 4) is 5.69 Å². The molecule has 1 N–H and O–H groups in total. The molecule has 6 rings (SSSR count). The van der Waals surface area contributed by atoms with Gasteiger partial charge in [0.2, 0.25) is 0 Å². The minimum absolute atomic E-state index is 0.0455. The van der Waals surface area contributed by atoms with Gasteiger partial charge in [-0.15, -0.1) is 0 Å². The van der Waals surface area contributed by atoms with Crippen molar-refractivity contribution in [2.45, 2.75) is 64.3 Å². The third-order valence-corrected chi connectivity index (χ3v) is 7.69. The first-order valence-electron chi connectivity index (χ1n) is 13.0. The zero-order valence-electron chi connectivity index (χ0n) is 21.1. The van der Waals surface area contributed by atoms with Gasteiger partial charge >= 0.3 is 0 Å². The molecule has 2 aliphatic carbocycles. The van der Waals surface area contributed by atoms with Crippen LogP contribution in [0.3, 0.4) is 0 Å². The molecule has 2 saturated carbocycles. The lowest BCUT2D eigenvalue weighted by Crippen LogP contribution is -2.38. The minimum Gasteiger partial charge on any atom is -0.396 e. The number of benzene rings is 2. The van der Waals surface area contributed by atoms with Crippen LogP contribution in [0.4, 0.5) is 5.69 Å². The summed E-state index contributed by atoms with van der Waals surface area (Å²) in [7, 11) is 0. The summed E-state index contributed by atoms with van der Waals surface area (Å²) in [6.07, 6.45) is 6.57. The zero-order valence-corrected chi connectivity index (χ0v) is 21.1. The molecule has 0 atom stereocenters. The fourth-order valence-corrected chi connectivity index (χ4v) is 4.95. The van der Waals surface area contributed by atoms with Crippen molar-refractivity contribution in [1.29, 1.82) is 0 Å². The number of nitrogens with zero attached hydrogens (tertiary/aromatic N) is 4. The highest BCUT2D eigenvalue weighted by atomic mass is 16.3. The predicted molar refractivity (Wildman–Crippen MR) is 141 cm³/mol. The number of aliphatic hydroxyl groups excluding tert-OH is 1. The fourth-order valence-electron chi connectivity index (χ4n) is 4.95. The molecule has 0 saturated heterocycles. The number of fused-ring (bicyclic) bond motifs is 1. The summed E-state index contributed by atoms with van der Waals surface area (Å²) in [4.78, 5) is 26.4. The maximum absolute atomic E-state index is 13.6. The number of hydrogen-bond donors (Lipinski definition) is 1. The van der Waals surface area contributed by atoms with Gasteiger partial charge in [0.05, 0.1) is 11.4 Å². The van der Waals surface area contributed by atoms with Gasteiger partial charge in [0.25, 0.3) is 5.91 Å². The molecule has 7 heteroatoms. The van der Waals surface area contributed by atoms with Gasteiger partial charge < -0.3 is 10.0 Å². The van der Waals surface area contributed by atoms with E-state index in [0.29, 0.717) is 24.4 Å². The summed E-state index contributed by atoms with van der Waals surface area (Å²) in [5, 5.41) is 17.0. The average Bonchev–Trinajstić information content (AvgIpc) is 3.81. The maximum Gasteiger partial charge on any atom is 0.277 e. The van der Waals surface area contributed by atoms with Crippen molar-refractivity contribution >= 4 is 11.6 Å². The maximum atomic E-state index is 13.6. The Morgan fingerprint density at radius 1 is 1.06 bits per heavy atom. The molecule has 3 aliphatic rings. The second-order valence-corrected chi connectivity index (χ2v) is 10.5. The monoisotopic (exact) mass is 486 g/mol. The van der Waals surface area contributed by atoms with E-state index in [4.69, 9.17) is 0 Å². The molecular weight excluding hydrogens is 452 g/mol. The van der Waals surface area contributed by atoms with Gasteiger partial charge in [0, 0.05) is 24.4 Å². The average molecular weight is 487 g/mol. The molecule has 3 aromatic rings. The number of hydrogen-bond acceptors (Lipinski definition) is 5. The summed E-state index contributed by atoms with van der Waals surface area (Å²) in [5.74, 6) is 0.959. The third kappa shape index (κ3) is 4.85. The topological polar surface area (TPSA) is 87.8 Å². The Labute approximate surface area is 212 Å². The standard InChI is InChI=1S/C25H26N4O3.C4H8/c1-17-2-6-20(7-3-17)29-23-21(22(27-29)16-26-32)10-14-28(24(23)31)19-8-4-18(5-9-19)25(11-12-25)13-15-30;1-4-2-3-4/h2-9,30H,10-16H2,1H3;4H,2-3H2,1H3. The Balaban J connectivity index is 0.000000608. The van der Waals surface area contributed by atoms with Crippen LogP contribution < -0.4 is 4.90 Å². The van der Waals surface area contributed by atoms with Crippen LogP contribution in [0.5, 0.6) is 0 Å². The SMILES string of the molecule is CC1CC1.Cc1ccc(-n2nc(CN=O)c3c2C(=O)N(c2ccc(C4(CCO)CC4)cc2)CC3)cc1. The van der Waals surface area contributed by atoms with Crippen LogP contribution in [0, 0.1) is 17.7 Å². The molecule has 1 aromatic heterocycles. The second kappa shape index (κ2) is 9.97. The van der Waals surface area contributed by atoms with Crippen LogP contribution in [-0.2, 0) is 18.4 Å². The van der Waals surface area contributed by atoms with E-state index in [9.17, 15) is 14.8 Å². The fraction of sp³-hybridized carbons (Fsp3) is 0.448. The first kappa shape index (κ1) is 24.4. The molecule has 0 bridgehead atoms. The second-order valence-electron chi connectivity index (χ2n) is 10.5. The number of nitroso groups, excluding NO2 is 1. The third-order valence-electron chi connectivity index (χ3n) is 7.69. The lowest BCUT2D eigenvalue weighted by atomic mass is 9.92. The molecule has 2 heterocycles. The first-order valence-corrected chi connectivity index (χ1v) is 13.0. The number of aromatic nitrogens is 2. The largest absolute Gasteiger partial charge is 0.396 e. The van der Waals surface area contributed by atoms with E-state index in [1.165, 1.54) is 18.4 Å². The quantitative estimate of drug-likeness (QED) is 0.448. The highest BCUT2D eigenvalue weighted by Crippen LogP contribution is 2.51. The Kier molecular flexibility index (Phi) is 6.75. The smallest absolute Gasteiger partial charge is 0.277 e. The first-order chi connectivity index (χ1) is 17.5. The Bertz CT molecular complexity index is 1240. The highest BCUT2D eigenvalue weighted by Gasteiger charge is 2.43. The van der Waals surface area contributed by atoms with Gasteiger partial charge in [-0.1, -0.05) is 54.8 Å². The van der Waals surface area contributed by atoms with Gasteiger partial charge in [-0.3, -0.25) is 4.79 Å². The summed E-state index contributed by atoms with van der Waals surface area (Å²) >= 11 is 0. The number of amides is 1. The molecule has 36 heavy (non-hydrogen) atoms. The van der Waals surface area contributed by atoms with Gasteiger partial charge in [-0.05, 0) is 73.8 Å². The highest BCUT2D eigenvalue weighted by molar-refractivity contribution is 6.07. The Hall–Kier alpha value is -3.32. The van der Waals surface area contributed by atoms with Gasteiger partial charge in [-0.2, -0.15) is 10.0 Å². The van der Waals surface area contributed by atoms with Crippen LogP contribution in [0.25, 0.3) is 5.69 Å². The summed E-state index contributed by atoms with van der Waals surface area (Å²) in [6.45, 7) is 4.96. The van der Waals surface area contributed by atoms with Crippen LogP contribution in [-0.4, -0.2) is 33.9 Å². The zero-order chi connectivity index (χ0) is 25.3. The van der Waals surface area contributed by atoms with Crippen molar-refractivity contribution in [1.82, 2.24) is 9.78 Å². The molecule has 2 aromatic carbocycles. The molecule has 0 unspecified atom stereocenters. The van der Waals surface area contributed by atoms with Gasteiger partial charge in [-0.25, -0.2) is 4.68 Å². The van der Waals surface area contributed by atoms with Crippen LogP contribution >= 0.6 is 0 Å². The van der Waals surface area contributed by atoms with Crippen molar-refractivity contribution in [3.63, 3.8) is 0 Å². The molecule has 0 spiro atoms. The van der Waals surface area contributed by atoms with Crippen LogP contribution in [0.2, 0.25) is 0 Å². The van der Waals surface area contributed by atoms with E-state index in [1.807, 2.05) is 43.3 Å².